The Bertz CT molecular complexity index is 433. The number of carbonyl (C=O) groups is 1. The first-order valence-corrected chi connectivity index (χ1v) is 7.50. The van der Waals surface area contributed by atoms with E-state index in [1.165, 1.54) is 12.8 Å². The van der Waals surface area contributed by atoms with Crippen LogP contribution in [0.2, 0.25) is 0 Å². The lowest BCUT2D eigenvalue weighted by atomic mass is 10.0. The van der Waals surface area contributed by atoms with Crippen LogP contribution >= 0.6 is 15.9 Å². The number of hydrogen-bond acceptors (Lipinski definition) is 4. The largest absolute Gasteiger partial charge is 0.466 e. The van der Waals surface area contributed by atoms with E-state index in [4.69, 9.17) is 4.74 Å². The lowest BCUT2D eigenvalue weighted by Crippen LogP contribution is -2.28. The standard InChI is InChI=1S/C14H19BrN2O2/c1-2-19-14(18)8-13(17-5-3-4-6-17)11-7-12(15)10-16-9-11/h7,9-10,13H,2-6,8H2,1H3. The van der Waals surface area contributed by atoms with Crippen LogP contribution in [0, 0.1) is 0 Å². The van der Waals surface area contributed by atoms with Crippen LogP contribution in [0.15, 0.2) is 22.9 Å². The van der Waals surface area contributed by atoms with Crippen LogP contribution in [0.5, 0.6) is 0 Å². The Balaban J connectivity index is 2.15. The third-order valence-corrected chi connectivity index (χ3v) is 3.79. The van der Waals surface area contributed by atoms with Crippen molar-refractivity contribution in [3.8, 4) is 0 Å². The first kappa shape index (κ1) is 14.5. The van der Waals surface area contributed by atoms with E-state index in [-0.39, 0.29) is 12.0 Å². The molecule has 0 radical (unpaired) electrons. The summed E-state index contributed by atoms with van der Waals surface area (Å²) in [4.78, 5) is 18.3. The number of aromatic nitrogens is 1. The molecule has 1 saturated heterocycles. The van der Waals surface area contributed by atoms with Gasteiger partial charge in [-0.05, 0) is 60.4 Å². The van der Waals surface area contributed by atoms with Crippen LogP contribution in [0.3, 0.4) is 0 Å². The van der Waals surface area contributed by atoms with Crippen molar-refractivity contribution in [2.24, 2.45) is 0 Å². The van der Waals surface area contributed by atoms with Crippen molar-refractivity contribution in [2.75, 3.05) is 19.7 Å². The van der Waals surface area contributed by atoms with E-state index in [1.54, 1.807) is 6.20 Å². The molecule has 0 N–H and O–H groups in total. The van der Waals surface area contributed by atoms with Gasteiger partial charge in [0.05, 0.1) is 13.0 Å². The molecule has 1 aromatic rings. The highest BCUT2D eigenvalue weighted by atomic mass is 79.9. The van der Waals surface area contributed by atoms with Crippen molar-refractivity contribution in [1.82, 2.24) is 9.88 Å². The first-order chi connectivity index (χ1) is 9.20. The summed E-state index contributed by atoms with van der Waals surface area (Å²) < 4.78 is 6.03. The van der Waals surface area contributed by atoms with E-state index in [9.17, 15) is 4.79 Å². The molecule has 1 aromatic heterocycles. The van der Waals surface area contributed by atoms with Gasteiger partial charge in [0.25, 0.3) is 0 Å². The summed E-state index contributed by atoms with van der Waals surface area (Å²) in [6.07, 6.45) is 6.38. The maximum atomic E-state index is 11.8. The highest BCUT2D eigenvalue weighted by molar-refractivity contribution is 9.10. The molecule has 0 aliphatic carbocycles. The van der Waals surface area contributed by atoms with Crippen LogP contribution in [0.1, 0.15) is 37.8 Å². The minimum absolute atomic E-state index is 0.0755. The maximum Gasteiger partial charge on any atom is 0.307 e. The molecular weight excluding hydrogens is 308 g/mol. The van der Waals surface area contributed by atoms with Crippen molar-refractivity contribution >= 4 is 21.9 Å². The molecule has 1 fully saturated rings. The van der Waals surface area contributed by atoms with Gasteiger partial charge in [0, 0.05) is 22.9 Å². The number of rotatable bonds is 5. The number of esters is 1. The fourth-order valence-electron chi connectivity index (χ4n) is 2.50. The van der Waals surface area contributed by atoms with Gasteiger partial charge in [-0.3, -0.25) is 14.7 Å². The number of pyridine rings is 1. The molecule has 0 amide bonds. The average Bonchev–Trinajstić information content (AvgIpc) is 2.90. The number of halogens is 1. The highest BCUT2D eigenvalue weighted by Crippen LogP contribution is 2.29. The molecular formula is C14H19BrN2O2. The van der Waals surface area contributed by atoms with Crippen molar-refractivity contribution < 1.29 is 9.53 Å². The molecule has 1 aliphatic rings. The Morgan fingerprint density at radius 2 is 2.21 bits per heavy atom. The molecule has 2 rings (SSSR count). The number of carbonyl (C=O) groups excluding carboxylic acids is 1. The molecule has 2 heterocycles. The first-order valence-electron chi connectivity index (χ1n) is 6.71. The molecule has 5 heteroatoms. The summed E-state index contributed by atoms with van der Waals surface area (Å²) in [5, 5.41) is 0. The summed E-state index contributed by atoms with van der Waals surface area (Å²) >= 11 is 3.44. The van der Waals surface area contributed by atoms with Gasteiger partial charge in [-0.2, -0.15) is 0 Å². The van der Waals surface area contributed by atoms with E-state index in [2.05, 4.69) is 25.8 Å². The van der Waals surface area contributed by atoms with Gasteiger partial charge >= 0.3 is 5.97 Å². The molecule has 1 atom stereocenters. The average molecular weight is 327 g/mol. The number of hydrogen-bond donors (Lipinski definition) is 0. The topological polar surface area (TPSA) is 42.4 Å². The lowest BCUT2D eigenvalue weighted by Gasteiger charge is -2.27. The van der Waals surface area contributed by atoms with E-state index < -0.39 is 0 Å². The molecule has 0 spiro atoms. The molecule has 0 bridgehead atoms. The van der Waals surface area contributed by atoms with E-state index in [1.807, 2.05) is 19.2 Å². The number of nitrogens with zero attached hydrogens (tertiary/aromatic N) is 2. The number of ether oxygens (including phenoxy) is 1. The van der Waals surface area contributed by atoms with Crippen LogP contribution in [-0.4, -0.2) is 35.5 Å². The van der Waals surface area contributed by atoms with Crippen molar-refractivity contribution in [3.63, 3.8) is 0 Å². The van der Waals surface area contributed by atoms with Crippen LogP contribution in [-0.2, 0) is 9.53 Å². The Kier molecular flexibility index (Phi) is 5.34. The molecule has 1 aliphatic heterocycles. The molecule has 19 heavy (non-hydrogen) atoms. The van der Waals surface area contributed by atoms with Crippen molar-refractivity contribution in [1.29, 1.82) is 0 Å². The predicted molar refractivity (Wildman–Crippen MR) is 76.7 cm³/mol. The van der Waals surface area contributed by atoms with Gasteiger partial charge in [-0.15, -0.1) is 0 Å². The SMILES string of the molecule is CCOC(=O)CC(c1cncc(Br)c1)N1CCCC1. The van der Waals surface area contributed by atoms with Crippen molar-refractivity contribution in [3.05, 3.63) is 28.5 Å². The Hall–Kier alpha value is -0.940. The van der Waals surface area contributed by atoms with Gasteiger partial charge in [0.15, 0.2) is 0 Å². The normalized spacial score (nSPS) is 17.4. The summed E-state index contributed by atoms with van der Waals surface area (Å²) in [7, 11) is 0. The fourth-order valence-corrected chi connectivity index (χ4v) is 2.88. The second-order valence-corrected chi connectivity index (χ2v) is 5.62. The third kappa shape index (κ3) is 4.01. The molecule has 104 valence electrons. The predicted octanol–water partition coefficient (Wildman–Crippen LogP) is 2.93. The fraction of sp³-hybridized carbons (Fsp3) is 0.571. The maximum absolute atomic E-state index is 11.8. The van der Waals surface area contributed by atoms with E-state index in [0.29, 0.717) is 13.0 Å². The molecule has 0 aromatic carbocycles. The van der Waals surface area contributed by atoms with E-state index >= 15 is 0 Å². The zero-order chi connectivity index (χ0) is 13.7. The second-order valence-electron chi connectivity index (χ2n) is 4.70. The monoisotopic (exact) mass is 326 g/mol. The van der Waals surface area contributed by atoms with E-state index in [0.717, 1.165) is 23.1 Å². The molecule has 1 unspecified atom stereocenters. The third-order valence-electron chi connectivity index (χ3n) is 3.36. The summed E-state index contributed by atoms with van der Waals surface area (Å²) in [5.74, 6) is -0.139. The zero-order valence-corrected chi connectivity index (χ0v) is 12.7. The summed E-state index contributed by atoms with van der Waals surface area (Å²) in [6.45, 7) is 4.35. The molecule has 0 saturated carbocycles. The zero-order valence-electron chi connectivity index (χ0n) is 11.1. The minimum atomic E-state index is -0.139. The Morgan fingerprint density at radius 3 is 2.84 bits per heavy atom. The Morgan fingerprint density at radius 1 is 1.47 bits per heavy atom. The molecule has 4 nitrogen and oxygen atoms in total. The van der Waals surface area contributed by atoms with Gasteiger partial charge in [-0.1, -0.05) is 0 Å². The summed E-state index contributed by atoms with van der Waals surface area (Å²) in [6, 6.07) is 2.11. The van der Waals surface area contributed by atoms with Crippen LogP contribution < -0.4 is 0 Å². The van der Waals surface area contributed by atoms with Crippen molar-refractivity contribution in [2.45, 2.75) is 32.2 Å². The Labute approximate surface area is 122 Å². The van der Waals surface area contributed by atoms with Gasteiger partial charge in [0.2, 0.25) is 0 Å². The number of likely N-dealkylation sites (tertiary alicyclic amines) is 1. The van der Waals surface area contributed by atoms with Crippen LogP contribution in [0.25, 0.3) is 0 Å². The smallest absolute Gasteiger partial charge is 0.307 e. The van der Waals surface area contributed by atoms with Crippen LogP contribution in [0.4, 0.5) is 0 Å². The van der Waals surface area contributed by atoms with Gasteiger partial charge in [0.1, 0.15) is 0 Å². The summed E-state index contributed by atoms with van der Waals surface area (Å²) in [5.41, 5.74) is 1.07. The van der Waals surface area contributed by atoms with Gasteiger partial charge in [-0.25, -0.2) is 0 Å². The second kappa shape index (κ2) is 7.01. The quantitative estimate of drug-likeness (QED) is 0.780. The highest BCUT2D eigenvalue weighted by Gasteiger charge is 2.26. The lowest BCUT2D eigenvalue weighted by molar-refractivity contribution is -0.144. The van der Waals surface area contributed by atoms with Gasteiger partial charge < -0.3 is 4.74 Å². The minimum Gasteiger partial charge on any atom is -0.466 e.